The number of hydrogen-bond acceptors (Lipinski definition) is 11. The number of halogens is 1. The van der Waals surface area contributed by atoms with Crippen molar-refractivity contribution in [1.82, 2.24) is 5.43 Å². The Labute approximate surface area is 240 Å². The Balaban J connectivity index is 0.00000361. The van der Waals surface area contributed by atoms with Crippen LogP contribution in [0.4, 0.5) is 17.1 Å². The van der Waals surface area contributed by atoms with Gasteiger partial charge in [0, 0.05) is 33.4 Å². The minimum atomic E-state index is -5.22. The van der Waals surface area contributed by atoms with Crippen LogP contribution in [0, 0.1) is 13.7 Å². The first-order valence-corrected chi connectivity index (χ1v) is 13.3. The third kappa shape index (κ3) is 6.03. The number of hydrazine groups is 1. The summed E-state index contributed by atoms with van der Waals surface area (Å²) in [5.41, 5.74) is 3.41. The molecule has 1 aliphatic rings. The zero-order chi connectivity index (χ0) is 25.5. The van der Waals surface area contributed by atoms with Crippen LogP contribution < -0.4 is 45.2 Å². The molecule has 182 valence electrons. The summed E-state index contributed by atoms with van der Waals surface area (Å²) in [5.74, 6) is -0.124. The minimum Gasteiger partial charge on any atom is -0.744 e. The number of anilines is 1. The zero-order valence-electron chi connectivity index (χ0n) is 18.2. The Morgan fingerprint density at radius 1 is 0.917 bits per heavy atom. The molecule has 17 heteroatoms. The molecule has 1 atom stereocenters. The third-order valence-electron chi connectivity index (χ3n) is 4.83. The van der Waals surface area contributed by atoms with Crippen LogP contribution in [0.2, 0.25) is 0 Å². The van der Waals surface area contributed by atoms with Gasteiger partial charge in [0.2, 0.25) is 5.84 Å². The quantitative estimate of drug-likeness (QED) is 0.0974. The van der Waals surface area contributed by atoms with Gasteiger partial charge in [0.25, 0.3) is 5.69 Å². The fourth-order valence-electron chi connectivity index (χ4n) is 3.22. The molecule has 0 saturated heterocycles. The van der Waals surface area contributed by atoms with Crippen LogP contribution in [0.25, 0.3) is 0 Å². The van der Waals surface area contributed by atoms with Crippen LogP contribution in [-0.4, -0.2) is 36.7 Å². The molecular weight excluding hydrogens is 640 g/mol. The molecule has 3 aromatic carbocycles. The normalized spacial score (nSPS) is 15.6. The van der Waals surface area contributed by atoms with E-state index >= 15 is 0 Å². The van der Waals surface area contributed by atoms with E-state index in [1.54, 1.807) is 24.3 Å². The minimum absolute atomic E-state index is 0. The Morgan fingerprint density at radius 3 is 2.06 bits per heavy atom. The van der Waals surface area contributed by atoms with E-state index < -0.39 is 35.0 Å². The topological polar surface area (TPSA) is 190 Å². The van der Waals surface area contributed by atoms with Gasteiger partial charge in [-0.2, -0.15) is 0 Å². The number of rotatable bonds is 6. The second-order valence-electron chi connectivity index (χ2n) is 7.08. The maximum absolute atomic E-state index is 11.9. The van der Waals surface area contributed by atoms with E-state index in [4.69, 9.17) is 0 Å². The van der Waals surface area contributed by atoms with Crippen molar-refractivity contribution in [3.63, 3.8) is 0 Å². The molecule has 0 aromatic heterocycles. The summed E-state index contributed by atoms with van der Waals surface area (Å²) >= 11 is 2.11. The molecule has 1 unspecified atom stereocenters. The van der Waals surface area contributed by atoms with Crippen molar-refractivity contribution in [1.29, 1.82) is 0 Å². The molecule has 4 rings (SSSR count). The first-order chi connectivity index (χ1) is 16.3. The van der Waals surface area contributed by atoms with Gasteiger partial charge in [-0.15, -0.1) is 0 Å². The van der Waals surface area contributed by atoms with Crippen LogP contribution >= 0.6 is 22.6 Å². The van der Waals surface area contributed by atoms with Gasteiger partial charge in [0.1, 0.15) is 25.9 Å². The largest absolute Gasteiger partial charge is 1.00 e. The van der Waals surface area contributed by atoms with Crippen molar-refractivity contribution < 1.29 is 65.5 Å². The Morgan fingerprint density at radius 2 is 1.53 bits per heavy atom. The van der Waals surface area contributed by atoms with E-state index in [0.717, 1.165) is 15.7 Å². The zero-order valence-corrected chi connectivity index (χ0v) is 23.9. The predicted octanol–water partition coefficient (Wildman–Crippen LogP) is -2.17. The van der Waals surface area contributed by atoms with Crippen molar-refractivity contribution in [2.24, 2.45) is 5.10 Å². The number of amidine groups is 1. The van der Waals surface area contributed by atoms with Crippen molar-refractivity contribution in [3.8, 4) is 0 Å². The standard InChI is InChI=1S/C19H14IN5O8S2.Na/c20-12-1-3-13(4-2-12)23-21-19(22-24(23)14-5-7-15(8-6-14)25(26)27)17-10-9-16(34(28,29)30)11-18(17)35(31,32)33;/h1-11H,(H,21,22)(H,28,29,30)(H,31,32,33);/q;+1/p-1. The summed E-state index contributed by atoms with van der Waals surface area (Å²) < 4.78 is 70.7. The summed E-state index contributed by atoms with van der Waals surface area (Å²) in [5, 5.41) is 17.1. The van der Waals surface area contributed by atoms with Gasteiger partial charge in [-0.3, -0.25) is 10.1 Å². The molecule has 0 bridgehead atoms. The van der Waals surface area contributed by atoms with Crippen LogP contribution in [0.15, 0.2) is 81.6 Å². The van der Waals surface area contributed by atoms with Crippen LogP contribution in [0.3, 0.4) is 0 Å². The number of hydrogen-bond donors (Lipinski definition) is 2. The number of quaternary nitrogens is 1. The molecule has 1 heterocycles. The van der Waals surface area contributed by atoms with Crippen LogP contribution in [0.1, 0.15) is 5.56 Å². The van der Waals surface area contributed by atoms with E-state index in [2.05, 4.69) is 33.1 Å². The SMILES string of the molecule is O=[N+]([O-])c1ccc(N2NC(c3ccc(S(=O)(=O)[O-])cc3S(=O)(=O)[O-])=N[NH+]2c2ccc(I)cc2)cc1.[Na+]. The average Bonchev–Trinajstić information content (AvgIpc) is 3.23. The Kier molecular flexibility index (Phi) is 8.43. The van der Waals surface area contributed by atoms with Crippen molar-refractivity contribution in [3.05, 3.63) is 86.0 Å². The number of nitrogens with one attached hydrogen (secondary N) is 2. The molecule has 1 aliphatic heterocycles. The molecular formula is C19H13IN5NaO8S2. The van der Waals surface area contributed by atoms with Crippen LogP contribution in [0.5, 0.6) is 0 Å². The molecule has 0 aliphatic carbocycles. The fourth-order valence-corrected chi connectivity index (χ4v) is 4.86. The number of nitro benzene ring substituents is 1. The smallest absolute Gasteiger partial charge is 0.744 e. The van der Waals surface area contributed by atoms with Gasteiger partial charge in [0.05, 0.1) is 14.7 Å². The van der Waals surface area contributed by atoms with Crippen molar-refractivity contribution >= 4 is 65.7 Å². The van der Waals surface area contributed by atoms with Gasteiger partial charge >= 0.3 is 29.6 Å². The summed E-state index contributed by atoms with van der Waals surface area (Å²) in [4.78, 5) is 8.61. The Bertz CT molecular complexity index is 1570. The molecule has 36 heavy (non-hydrogen) atoms. The predicted molar refractivity (Wildman–Crippen MR) is 127 cm³/mol. The molecule has 0 amide bonds. The molecule has 0 saturated carbocycles. The molecule has 0 radical (unpaired) electrons. The molecule has 2 N–H and O–H groups in total. The summed E-state index contributed by atoms with van der Waals surface area (Å²) in [6.45, 7) is 0. The average molecular weight is 653 g/mol. The number of benzene rings is 3. The van der Waals surface area contributed by atoms with Gasteiger partial charge in [-0.1, -0.05) is 10.2 Å². The first-order valence-electron chi connectivity index (χ1n) is 9.43. The van der Waals surface area contributed by atoms with E-state index in [-0.39, 0.29) is 51.8 Å². The van der Waals surface area contributed by atoms with E-state index in [1.807, 2.05) is 0 Å². The fraction of sp³-hybridized carbons (Fsp3) is 0. The second kappa shape index (κ2) is 10.7. The number of non-ortho nitro benzene ring substituents is 1. The number of nitro groups is 1. The number of nitrogens with zero attached hydrogens (tertiary/aromatic N) is 3. The van der Waals surface area contributed by atoms with Crippen molar-refractivity contribution in [2.75, 3.05) is 5.12 Å². The first kappa shape index (κ1) is 28.4. The van der Waals surface area contributed by atoms with E-state index in [0.29, 0.717) is 17.4 Å². The maximum atomic E-state index is 11.9. The van der Waals surface area contributed by atoms with Crippen LogP contribution in [-0.2, 0) is 20.2 Å². The summed E-state index contributed by atoms with van der Waals surface area (Å²) in [6, 6.07) is 14.8. The summed E-state index contributed by atoms with van der Waals surface area (Å²) in [6.07, 6.45) is 0. The van der Waals surface area contributed by atoms with Gasteiger partial charge in [-0.25, -0.2) is 22.3 Å². The monoisotopic (exact) mass is 653 g/mol. The molecule has 0 fully saturated rings. The maximum Gasteiger partial charge on any atom is 1.00 e. The summed E-state index contributed by atoms with van der Waals surface area (Å²) in [7, 11) is -10.3. The third-order valence-corrected chi connectivity index (χ3v) is 7.26. The van der Waals surface area contributed by atoms with E-state index in [9.17, 15) is 36.1 Å². The second-order valence-corrected chi connectivity index (χ2v) is 11.1. The van der Waals surface area contributed by atoms with E-state index in [1.165, 1.54) is 29.4 Å². The Hall–Kier alpha value is -2.16. The molecule has 3 aromatic rings. The van der Waals surface area contributed by atoms with Gasteiger partial charge < -0.3 is 9.11 Å². The van der Waals surface area contributed by atoms with Gasteiger partial charge in [-0.05, 0) is 70.2 Å². The van der Waals surface area contributed by atoms with Gasteiger partial charge in [0.15, 0.2) is 5.69 Å². The van der Waals surface area contributed by atoms with Crippen molar-refractivity contribution in [2.45, 2.75) is 9.79 Å². The molecule has 13 nitrogen and oxygen atoms in total. The molecule has 0 spiro atoms.